The van der Waals surface area contributed by atoms with E-state index in [0.717, 1.165) is 13.1 Å². The molecule has 1 amide bonds. The lowest BCUT2D eigenvalue weighted by molar-refractivity contribution is -0.126. The summed E-state index contributed by atoms with van der Waals surface area (Å²) in [6.07, 6.45) is 0.256. The smallest absolute Gasteiger partial charge is 0.241 e. The van der Waals surface area contributed by atoms with Crippen molar-refractivity contribution in [2.24, 2.45) is 0 Å². The number of hydrogen-bond donors (Lipinski definition) is 1. The number of hydrogen-bond acceptors (Lipinski definition) is 3. The predicted octanol–water partition coefficient (Wildman–Crippen LogP) is 3.43. The molecule has 0 aromatic heterocycles. The lowest BCUT2D eigenvalue weighted by Crippen LogP contribution is -2.52. The largest absolute Gasteiger partial charge is 0.373 e. The van der Waals surface area contributed by atoms with Gasteiger partial charge in [0.05, 0.1) is 29.0 Å². The summed E-state index contributed by atoms with van der Waals surface area (Å²) < 4.78 is 5.69. The molecule has 4 nitrogen and oxygen atoms in total. The van der Waals surface area contributed by atoms with Crippen molar-refractivity contribution >= 4 is 34.8 Å². The van der Waals surface area contributed by atoms with Crippen molar-refractivity contribution in [2.75, 3.05) is 18.4 Å². The van der Waals surface area contributed by atoms with E-state index in [1.54, 1.807) is 18.2 Å². The van der Waals surface area contributed by atoms with Gasteiger partial charge >= 0.3 is 0 Å². The van der Waals surface area contributed by atoms with Crippen LogP contribution in [0.2, 0.25) is 10.0 Å². The van der Waals surface area contributed by atoms with E-state index in [1.807, 2.05) is 20.8 Å². The molecule has 1 saturated heterocycles. The summed E-state index contributed by atoms with van der Waals surface area (Å²) in [5.41, 5.74) is 0.576. The van der Waals surface area contributed by atoms with Crippen molar-refractivity contribution in [2.45, 2.75) is 39.0 Å². The number of carbonyl (C=O) groups excluding carboxylic acids is 1. The molecule has 1 aliphatic heterocycles. The Labute approximate surface area is 135 Å². The normalized spacial score (nSPS) is 24.6. The average molecular weight is 331 g/mol. The molecule has 3 atom stereocenters. The number of benzene rings is 1. The van der Waals surface area contributed by atoms with Gasteiger partial charge in [-0.1, -0.05) is 23.2 Å². The first-order valence-electron chi connectivity index (χ1n) is 7.02. The highest BCUT2D eigenvalue weighted by atomic mass is 35.5. The summed E-state index contributed by atoms with van der Waals surface area (Å²) in [5, 5.41) is 3.83. The first-order chi connectivity index (χ1) is 9.86. The topological polar surface area (TPSA) is 41.6 Å². The van der Waals surface area contributed by atoms with Crippen LogP contribution in [0.3, 0.4) is 0 Å². The maximum atomic E-state index is 12.4. The van der Waals surface area contributed by atoms with Crippen LogP contribution in [0.15, 0.2) is 18.2 Å². The summed E-state index contributed by atoms with van der Waals surface area (Å²) >= 11 is 11.9. The van der Waals surface area contributed by atoms with Gasteiger partial charge in [0.25, 0.3) is 0 Å². The van der Waals surface area contributed by atoms with Crippen LogP contribution in [-0.2, 0) is 9.53 Å². The van der Waals surface area contributed by atoms with Crippen molar-refractivity contribution < 1.29 is 9.53 Å². The third-order valence-electron chi connectivity index (χ3n) is 3.56. The fraction of sp³-hybridized carbons (Fsp3) is 0.533. The summed E-state index contributed by atoms with van der Waals surface area (Å²) in [6.45, 7) is 7.41. The molecule has 1 heterocycles. The van der Waals surface area contributed by atoms with Crippen molar-refractivity contribution in [3.8, 4) is 0 Å². The van der Waals surface area contributed by atoms with E-state index < -0.39 is 0 Å². The van der Waals surface area contributed by atoms with Gasteiger partial charge in [0.2, 0.25) is 5.91 Å². The summed E-state index contributed by atoms with van der Waals surface area (Å²) in [6, 6.07) is 4.78. The van der Waals surface area contributed by atoms with Crippen LogP contribution in [0.1, 0.15) is 20.8 Å². The van der Waals surface area contributed by atoms with Crippen molar-refractivity contribution in [3.63, 3.8) is 0 Å². The fourth-order valence-electron chi connectivity index (χ4n) is 2.53. The van der Waals surface area contributed by atoms with Gasteiger partial charge in [-0.25, -0.2) is 0 Å². The second-order valence-electron chi connectivity index (χ2n) is 5.50. The standard InChI is InChI=1S/C15H20Cl2N2O2/c1-9-7-19(8-10(2)21-9)11(3)15(20)18-14-5-4-12(16)6-13(14)17/h4-6,9-11H,7-8H2,1-3H3,(H,18,20)/t9-,10-,11-/m1/s1. The maximum Gasteiger partial charge on any atom is 0.241 e. The van der Waals surface area contributed by atoms with Gasteiger partial charge in [-0.05, 0) is 39.0 Å². The lowest BCUT2D eigenvalue weighted by Gasteiger charge is -2.38. The predicted molar refractivity (Wildman–Crippen MR) is 86.1 cm³/mol. The SMILES string of the molecule is C[C@@H]1CN([C@H](C)C(=O)Nc2ccc(Cl)cc2Cl)C[C@@H](C)O1. The third kappa shape index (κ3) is 4.33. The number of anilines is 1. The van der Waals surface area contributed by atoms with E-state index in [0.29, 0.717) is 15.7 Å². The molecular weight excluding hydrogens is 311 g/mol. The van der Waals surface area contributed by atoms with E-state index in [9.17, 15) is 4.79 Å². The highest BCUT2D eigenvalue weighted by molar-refractivity contribution is 6.36. The average Bonchev–Trinajstić information content (AvgIpc) is 2.40. The van der Waals surface area contributed by atoms with Gasteiger partial charge in [-0.2, -0.15) is 0 Å². The monoisotopic (exact) mass is 330 g/mol. The molecule has 0 saturated carbocycles. The van der Waals surface area contributed by atoms with Crippen molar-refractivity contribution in [1.29, 1.82) is 0 Å². The second kappa shape index (κ2) is 6.97. The number of ether oxygens (including phenoxy) is 1. The summed E-state index contributed by atoms with van der Waals surface area (Å²) in [7, 11) is 0. The zero-order chi connectivity index (χ0) is 15.6. The Bertz CT molecular complexity index is 514. The Kier molecular flexibility index (Phi) is 5.49. The molecule has 0 radical (unpaired) electrons. The molecular formula is C15H20Cl2N2O2. The van der Waals surface area contributed by atoms with Crippen molar-refractivity contribution in [3.05, 3.63) is 28.2 Å². The molecule has 116 valence electrons. The minimum atomic E-state index is -0.245. The zero-order valence-corrected chi connectivity index (χ0v) is 13.9. The molecule has 6 heteroatoms. The maximum absolute atomic E-state index is 12.4. The Hall–Kier alpha value is -0.810. The summed E-state index contributed by atoms with van der Waals surface area (Å²) in [4.78, 5) is 14.5. The van der Waals surface area contributed by atoms with Crippen LogP contribution in [0, 0.1) is 0 Å². The number of nitrogens with zero attached hydrogens (tertiary/aromatic N) is 1. The molecule has 21 heavy (non-hydrogen) atoms. The van der Waals surface area contributed by atoms with Gasteiger partial charge in [0.1, 0.15) is 0 Å². The van der Waals surface area contributed by atoms with E-state index in [4.69, 9.17) is 27.9 Å². The van der Waals surface area contributed by atoms with E-state index in [2.05, 4.69) is 10.2 Å². The van der Waals surface area contributed by atoms with E-state index in [1.165, 1.54) is 0 Å². The molecule has 0 unspecified atom stereocenters. The number of halogens is 2. The van der Waals surface area contributed by atoms with Crippen LogP contribution in [0.25, 0.3) is 0 Å². The van der Waals surface area contributed by atoms with Gasteiger partial charge in [0.15, 0.2) is 0 Å². The molecule has 0 aliphatic carbocycles. The van der Waals surface area contributed by atoms with Crippen LogP contribution < -0.4 is 5.32 Å². The quantitative estimate of drug-likeness (QED) is 0.923. The fourth-order valence-corrected chi connectivity index (χ4v) is 2.98. The molecule has 1 aromatic rings. The van der Waals surface area contributed by atoms with Gasteiger partial charge in [0, 0.05) is 18.1 Å². The highest BCUT2D eigenvalue weighted by Gasteiger charge is 2.29. The molecule has 0 spiro atoms. The lowest BCUT2D eigenvalue weighted by atomic mass is 10.1. The number of carbonyl (C=O) groups is 1. The molecule has 2 rings (SSSR count). The van der Waals surface area contributed by atoms with Crippen molar-refractivity contribution in [1.82, 2.24) is 4.90 Å². The Morgan fingerprint density at radius 1 is 1.33 bits per heavy atom. The Morgan fingerprint density at radius 2 is 1.95 bits per heavy atom. The molecule has 1 fully saturated rings. The first-order valence-corrected chi connectivity index (χ1v) is 7.78. The van der Waals surface area contributed by atoms with Crippen LogP contribution >= 0.6 is 23.2 Å². The Morgan fingerprint density at radius 3 is 2.52 bits per heavy atom. The number of amides is 1. The highest BCUT2D eigenvalue weighted by Crippen LogP contribution is 2.26. The molecule has 1 N–H and O–H groups in total. The zero-order valence-electron chi connectivity index (χ0n) is 12.4. The Balaban J connectivity index is 2.02. The van der Waals surface area contributed by atoms with Crippen LogP contribution in [0.5, 0.6) is 0 Å². The van der Waals surface area contributed by atoms with Gasteiger partial charge in [-0.3, -0.25) is 9.69 Å². The third-order valence-corrected chi connectivity index (χ3v) is 4.11. The second-order valence-corrected chi connectivity index (χ2v) is 6.34. The van der Waals surface area contributed by atoms with Crippen LogP contribution in [-0.4, -0.2) is 42.1 Å². The minimum Gasteiger partial charge on any atom is -0.373 e. The van der Waals surface area contributed by atoms with Crippen LogP contribution in [0.4, 0.5) is 5.69 Å². The molecule has 1 aliphatic rings. The van der Waals surface area contributed by atoms with E-state index in [-0.39, 0.29) is 24.2 Å². The number of nitrogens with one attached hydrogen (secondary N) is 1. The summed E-state index contributed by atoms with van der Waals surface area (Å²) in [5.74, 6) is -0.0828. The molecule has 0 bridgehead atoms. The number of morpholine rings is 1. The van der Waals surface area contributed by atoms with E-state index >= 15 is 0 Å². The van der Waals surface area contributed by atoms with Gasteiger partial charge < -0.3 is 10.1 Å². The first kappa shape index (κ1) is 16.6. The number of rotatable bonds is 3. The molecule has 1 aromatic carbocycles. The van der Waals surface area contributed by atoms with Gasteiger partial charge in [-0.15, -0.1) is 0 Å². The minimum absolute atomic E-state index is 0.0828.